The van der Waals surface area contributed by atoms with Crippen LogP contribution in [0, 0.1) is 0 Å². The Hall–Kier alpha value is -2.16. The molecule has 1 N–H and O–H groups in total. The van der Waals surface area contributed by atoms with Gasteiger partial charge in [0.05, 0.1) is 5.56 Å². The van der Waals surface area contributed by atoms with Crippen molar-refractivity contribution in [2.45, 2.75) is 12.8 Å². The first kappa shape index (κ1) is 11.3. The Bertz CT molecular complexity index is 523. The lowest BCUT2D eigenvalue weighted by atomic mass is 9.91. The molecule has 1 unspecified atom stereocenters. The molecular formula is C14H13NO2. The summed E-state index contributed by atoms with van der Waals surface area (Å²) in [6.45, 7) is 1.98. The minimum absolute atomic E-state index is 0.0241. The number of aromatic carboxylic acids is 1. The third-order valence-corrected chi connectivity index (χ3v) is 2.85. The summed E-state index contributed by atoms with van der Waals surface area (Å²) in [5, 5.41) is 9.13. The van der Waals surface area contributed by atoms with Crippen molar-refractivity contribution in [3.63, 3.8) is 0 Å². The van der Waals surface area contributed by atoms with Gasteiger partial charge in [-0.3, -0.25) is 4.98 Å². The van der Waals surface area contributed by atoms with Crippen molar-refractivity contribution in [1.82, 2.24) is 4.98 Å². The Morgan fingerprint density at radius 1 is 1.24 bits per heavy atom. The largest absolute Gasteiger partial charge is 0.478 e. The maximum absolute atomic E-state index is 11.1. The van der Waals surface area contributed by atoms with Crippen molar-refractivity contribution in [1.29, 1.82) is 0 Å². The molecule has 0 aliphatic heterocycles. The molecule has 0 saturated heterocycles. The summed E-state index contributed by atoms with van der Waals surface area (Å²) in [4.78, 5) is 15.1. The van der Waals surface area contributed by atoms with E-state index in [1.54, 1.807) is 6.20 Å². The average molecular weight is 227 g/mol. The van der Waals surface area contributed by atoms with Crippen LogP contribution >= 0.6 is 0 Å². The second kappa shape index (κ2) is 4.78. The fourth-order valence-corrected chi connectivity index (χ4v) is 1.87. The van der Waals surface area contributed by atoms with Crippen molar-refractivity contribution >= 4 is 5.97 Å². The predicted octanol–water partition coefficient (Wildman–Crippen LogP) is 2.93. The van der Waals surface area contributed by atoms with Crippen molar-refractivity contribution in [3.8, 4) is 0 Å². The van der Waals surface area contributed by atoms with Crippen LogP contribution in [0.5, 0.6) is 0 Å². The molecule has 17 heavy (non-hydrogen) atoms. The van der Waals surface area contributed by atoms with Gasteiger partial charge in [0.2, 0.25) is 0 Å². The summed E-state index contributed by atoms with van der Waals surface area (Å²) in [5.41, 5.74) is 2.14. The molecule has 0 radical (unpaired) electrons. The minimum atomic E-state index is -0.912. The maximum Gasteiger partial charge on any atom is 0.336 e. The lowest BCUT2D eigenvalue weighted by molar-refractivity contribution is 0.0695. The fraction of sp³-hybridized carbons (Fsp3) is 0.143. The van der Waals surface area contributed by atoms with E-state index >= 15 is 0 Å². The molecule has 0 fully saturated rings. The van der Waals surface area contributed by atoms with Crippen LogP contribution in [0.4, 0.5) is 0 Å². The zero-order valence-electron chi connectivity index (χ0n) is 9.50. The van der Waals surface area contributed by atoms with E-state index in [-0.39, 0.29) is 5.92 Å². The van der Waals surface area contributed by atoms with Crippen LogP contribution in [-0.2, 0) is 0 Å². The predicted molar refractivity (Wildman–Crippen MR) is 65.2 cm³/mol. The highest BCUT2D eigenvalue weighted by Crippen LogP contribution is 2.25. The first-order chi connectivity index (χ1) is 8.20. The van der Waals surface area contributed by atoms with Gasteiger partial charge in [-0.05, 0) is 17.2 Å². The van der Waals surface area contributed by atoms with Gasteiger partial charge in [0.25, 0.3) is 0 Å². The number of carboxylic acids is 1. The molecule has 0 bridgehead atoms. The molecule has 0 amide bonds. The number of hydrogen-bond donors (Lipinski definition) is 1. The first-order valence-electron chi connectivity index (χ1n) is 5.42. The maximum atomic E-state index is 11.1. The normalized spacial score (nSPS) is 12.1. The summed E-state index contributed by atoms with van der Waals surface area (Å²) in [7, 11) is 0. The molecular weight excluding hydrogens is 214 g/mol. The van der Waals surface area contributed by atoms with Gasteiger partial charge in [0.15, 0.2) is 0 Å². The van der Waals surface area contributed by atoms with Gasteiger partial charge in [-0.15, -0.1) is 0 Å². The van der Waals surface area contributed by atoms with Crippen molar-refractivity contribution in [2.75, 3.05) is 0 Å². The number of hydrogen-bond acceptors (Lipinski definition) is 2. The number of carboxylic acid groups (broad SMARTS) is 1. The highest BCUT2D eigenvalue weighted by Gasteiger charge is 2.16. The van der Waals surface area contributed by atoms with E-state index in [0.29, 0.717) is 5.56 Å². The number of benzene rings is 1. The monoisotopic (exact) mass is 227 g/mol. The van der Waals surface area contributed by atoms with Gasteiger partial charge in [-0.2, -0.15) is 0 Å². The Kier molecular flexibility index (Phi) is 3.19. The summed E-state index contributed by atoms with van der Waals surface area (Å²) < 4.78 is 0. The molecule has 1 heterocycles. The van der Waals surface area contributed by atoms with Gasteiger partial charge in [-0.25, -0.2) is 4.79 Å². The molecule has 2 rings (SSSR count). The van der Waals surface area contributed by atoms with Gasteiger partial charge in [0.1, 0.15) is 0 Å². The molecule has 1 aromatic carbocycles. The van der Waals surface area contributed by atoms with E-state index in [9.17, 15) is 4.79 Å². The Balaban J connectivity index is 2.44. The minimum Gasteiger partial charge on any atom is -0.478 e. The van der Waals surface area contributed by atoms with Crippen molar-refractivity contribution in [3.05, 3.63) is 65.5 Å². The highest BCUT2D eigenvalue weighted by molar-refractivity contribution is 5.89. The smallest absolute Gasteiger partial charge is 0.336 e. The van der Waals surface area contributed by atoms with E-state index in [2.05, 4.69) is 4.98 Å². The summed E-state index contributed by atoms with van der Waals surface area (Å²) >= 11 is 0. The Morgan fingerprint density at radius 2 is 1.94 bits per heavy atom. The zero-order valence-corrected chi connectivity index (χ0v) is 9.50. The molecule has 1 atom stereocenters. The van der Waals surface area contributed by atoms with E-state index in [0.717, 1.165) is 11.1 Å². The number of carbonyl (C=O) groups is 1. The van der Waals surface area contributed by atoms with Crippen LogP contribution < -0.4 is 0 Å². The molecule has 86 valence electrons. The lowest BCUT2D eigenvalue weighted by Gasteiger charge is -2.14. The quantitative estimate of drug-likeness (QED) is 0.877. The number of nitrogens with zero attached hydrogens (tertiary/aromatic N) is 1. The topological polar surface area (TPSA) is 50.2 Å². The Labute approximate surface area is 99.8 Å². The standard InChI is InChI=1S/C14H13NO2/c1-10(11-5-3-2-4-6-11)13-9-15-8-7-12(13)14(16)17/h2-10H,1H3,(H,16,17). The second-order valence-corrected chi connectivity index (χ2v) is 3.90. The van der Waals surface area contributed by atoms with E-state index in [1.165, 1.54) is 12.3 Å². The van der Waals surface area contributed by atoms with E-state index < -0.39 is 5.97 Å². The van der Waals surface area contributed by atoms with Gasteiger partial charge < -0.3 is 5.11 Å². The summed E-state index contributed by atoms with van der Waals surface area (Å²) in [6.07, 6.45) is 3.13. The van der Waals surface area contributed by atoms with Crippen LogP contribution in [0.15, 0.2) is 48.8 Å². The van der Waals surface area contributed by atoms with Gasteiger partial charge in [0, 0.05) is 18.3 Å². The first-order valence-corrected chi connectivity index (χ1v) is 5.42. The lowest BCUT2D eigenvalue weighted by Crippen LogP contribution is -2.06. The molecule has 1 aromatic heterocycles. The fourth-order valence-electron chi connectivity index (χ4n) is 1.87. The van der Waals surface area contributed by atoms with Gasteiger partial charge in [-0.1, -0.05) is 37.3 Å². The SMILES string of the molecule is CC(c1ccccc1)c1cnccc1C(=O)O. The highest BCUT2D eigenvalue weighted by atomic mass is 16.4. The summed E-state index contributed by atoms with van der Waals surface area (Å²) in [6, 6.07) is 11.4. The van der Waals surface area contributed by atoms with Crippen LogP contribution in [0.3, 0.4) is 0 Å². The number of rotatable bonds is 3. The molecule has 0 saturated carbocycles. The number of pyridine rings is 1. The van der Waals surface area contributed by atoms with Crippen LogP contribution in [-0.4, -0.2) is 16.1 Å². The van der Waals surface area contributed by atoms with Gasteiger partial charge >= 0.3 is 5.97 Å². The zero-order chi connectivity index (χ0) is 12.3. The van der Waals surface area contributed by atoms with Crippen molar-refractivity contribution < 1.29 is 9.90 Å². The average Bonchev–Trinajstić information content (AvgIpc) is 2.39. The molecule has 0 aliphatic rings. The third kappa shape index (κ3) is 2.33. The molecule has 3 nitrogen and oxygen atoms in total. The molecule has 3 heteroatoms. The van der Waals surface area contributed by atoms with Crippen molar-refractivity contribution in [2.24, 2.45) is 0 Å². The summed E-state index contributed by atoms with van der Waals surface area (Å²) in [5.74, 6) is -0.888. The van der Waals surface area contributed by atoms with Crippen LogP contribution in [0.25, 0.3) is 0 Å². The molecule has 0 aliphatic carbocycles. The van der Waals surface area contributed by atoms with Crippen LogP contribution in [0.1, 0.15) is 34.3 Å². The van der Waals surface area contributed by atoms with E-state index in [4.69, 9.17) is 5.11 Å². The molecule has 0 spiro atoms. The van der Waals surface area contributed by atoms with Crippen LogP contribution in [0.2, 0.25) is 0 Å². The Morgan fingerprint density at radius 3 is 2.59 bits per heavy atom. The number of aromatic nitrogens is 1. The molecule has 2 aromatic rings. The second-order valence-electron chi connectivity index (χ2n) is 3.90. The third-order valence-electron chi connectivity index (χ3n) is 2.85. The van der Waals surface area contributed by atoms with E-state index in [1.807, 2.05) is 37.3 Å².